The Balaban J connectivity index is 2.13. The largest absolute Gasteiger partial charge is 0.496 e. The van der Waals surface area contributed by atoms with Crippen LogP contribution in [0.15, 0.2) is 36.4 Å². The number of hydrogen-bond acceptors (Lipinski definition) is 3. The zero-order chi connectivity index (χ0) is 15.0. The van der Waals surface area contributed by atoms with Gasteiger partial charge in [0.1, 0.15) is 11.6 Å². The number of nitrogens with two attached hydrogens (primary N) is 1. The summed E-state index contributed by atoms with van der Waals surface area (Å²) in [5.74, 6) is 0.554. The quantitative estimate of drug-likeness (QED) is 0.937. The summed E-state index contributed by atoms with van der Waals surface area (Å²) >= 11 is 0. The fourth-order valence-electron chi connectivity index (χ4n) is 3.01. The van der Waals surface area contributed by atoms with Gasteiger partial charge >= 0.3 is 0 Å². The van der Waals surface area contributed by atoms with Crippen LogP contribution in [0, 0.1) is 5.82 Å². The molecule has 1 unspecified atom stereocenters. The molecule has 21 heavy (non-hydrogen) atoms. The second-order valence-corrected chi connectivity index (χ2v) is 5.36. The maximum atomic E-state index is 13.6. The molecule has 0 spiro atoms. The van der Waals surface area contributed by atoms with Crippen LogP contribution in [0.3, 0.4) is 0 Å². The van der Waals surface area contributed by atoms with Crippen molar-refractivity contribution in [1.29, 1.82) is 0 Å². The van der Waals surface area contributed by atoms with E-state index < -0.39 is 0 Å². The molecule has 4 heteroatoms. The standard InChI is InChI=1S/C17H19FN2O/c1-11(19)17-14(4-3-5-16(17)21-2)20-9-8-12-6-7-13(18)10-15(12)20/h3-7,10-11H,8-9,19H2,1-2H3. The number of ether oxygens (including phenoxy) is 1. The predicted octanol–water partition coefficient (Wildman–Crippen LogP) is 3.55. The molecule has 0 aliphatic carbocycles. The highest BCUT2D eigenvalue weighted by Gasteiger charge is 2.25. The molecule has 1 heterocycles. The fourth-order valence-corrected chi connectivity index (χ4v) is 3.01. The zero-order valence-corrected chi connectivity index (χ0v) is 12.3. The normalized spacial score (nSPS) is 15.0. The number of nitrogens with zero attached hydrogens (tertiary/aromatic N) is 1. The molecule has 0 saturated heterocycles. The van der Waals surface area contributed by atoms with Gasteiger partial charge in [0.15, 0.2) is 0 Å². The van der Waals surface area contributed by atoms with Gasteiger partial charge in [0.05, 0.1) is 7.11 Å². The minimum Gasteiger partial charge on any atom is -0.496 e. The van der Waals surface area contributed by atoms with E-state index in [0.29, 0.717) is 0 Å². The first-order chi connectivity index (χ1) is 10.1. The Morgan fingerprint density at radius 1 is 1.24 bits per heavy atom. The van der Waals surface area contributed by atoms with Crippen LogP contribution in [0.25, 0.3) is 0 Å². The molecule has 1 aliphatic rings. The average molecular weight is 286 g/mol. The van der Waals surface area contributed by atoms with Gasteiger partial charge in [0, 0.05) is 29.5 Å². The highest BCUT2D eigenvalue weighted by molar-refractivity contribution is 5.74. The van der Waals surface area contributed by atoms with Crippen molar-refractivity contribution in [3.05, 3.63) is 53.3 Å². The molecule has 0 aromatic heterocycles. The van der Waals surface area contributed by atoms with Gasteiger partial charge in [-0.2, -0.15) is 0 Å². The molecular formula is C17H19FN2O. The molecule has 0 radical (unpaired) electrons. The van der Waals surface area contributed by atoms with Crippen LogP contribution >= 0.6 is 0 Å². The number of anilines is 2. The van der Waals surface area contributed by atoms with E-state index in [2.05, 4.69) is 4.90 Å². The van der Waals surface area contributed by atoms with Gasteiger partial charge in [0.25, 0.3) is 0 Å². The lowest BCUT2D eigenvalue weighted by Crippen LogP contribution is -2.19. The lowest BCUT2D eigenvalue weighted by atomic mass is 10.0. The van der Waals surface area contributed by atoms with Crippen molar-refractivity contribution in [2.24, 2.45) is 5.73 Å². The molecule has 1 aliphatic heterocycles. The van der Waals surface area contributed by atoms with E-state index >= 15 is 0 Å². The van der Waals surface area contributed by atoms with Crippen molar-refractivity contribution < 1.29 is 9.13 Å². The van der Waals surface area contributed by atoms with Gasteiger partial charge in [-0.15, -0.1) is 0 Å². The Kier molecular flexibility index (Phi) is 3.55. The molecule has 0 saturated carbocycles. The molecule has 1 atom stereocenters. The predicted molar refractivity (Wildman–Crippen MR) is 82.7 cm³/mol. The third kappa shape index (κ3) is 2.36. The Bertz CT molecular complexity index is 670. The summed E-state index contributed by atoms with van der Waals surface area (Å²) in [6.45, 7) is 2.76. The van der Waals surface area contributed by atoms with Crippen molar-refractivity contribution in [3.8, 4) is 5.75 Å². The van der Waals surface area contributed by atoms with Crippen LogP contribution in [0.1, 0.15) is 24.1 Å². The number of rotatable bonds is 3. The Labute approximate surface area is 124 Å². The van der Waals surface area contributed by atoms with Crippen LogP contribution in [-0.2, 0) is 6.42 Å². The maximum Gasteiger partial charge on any atom is 0.125 e. The van der Waals surface area contributed by atoms with E-state index in [0.717, 1.165) is 41.2 Å². The second kappa shape index (κ2) is 5.37. The first-order valence-corrected chi connectivity index (χ1v) is 7.10. The first-order valence-electron chi connectivity index (χ1n) is 7.10. The number of halogens is 1. The van der Waals surface area contributed by atoms with Crippen LogP contribution in [-0.4, -0.2) is 13.7 Å². The Hall–Kier alpha value is -2.07. The smallest absolute Gasteiger partial charge is 0.125 e. The molecule has 0 amide bonds. The Morgan fingerprint density at radius 2 is 2.05 bits per heavy atom. The number of benzene rings is 2. The van der Waals surface area contributed by atoms with Gasteiger partial charge in [0.2, 0.25) is 0 Å². The topological polar surface area (TPSA) is 38.5 Å². The van der Waals surface area contributed by atoms with Crippen molar-refractivity contribution >= 4 is 11.4 Å². The van der Waals surface area contributed by atoms with Crippen LogP contribution < -0.4 is 15.4 Å². The zero-order valence-electron chi connectivity index (χ0n) is 12.3. The number of hydrogen-bond donors (Lipinski definition) is 1. The summed E-state index contributed by atoms with van der Waals surface area (Å²) in [5.41, 5.74) is 10.2. The third-order valence-electron chi connectivity index (χ3n) is 3.95. The summed E-state index contributed by atoms with van der Waals surface area (Å²) in [4.78, 5) is 2.12. The van der Waals surface area contributed by atoms with E-state index in [-0.39, 0.29) is 11.9 Å². The highest BCUT2D eigenvalue weighted by atomic mass is 19.1. The van der Waals surface area contributed by atoms with E-state index in [4.69, 9.17) is 10.5 Å². The minimum atomic E-state index is -0.217. The molecule has 0 fully saturated rings. The maximum absolute atomic E-state index is 13.6. The number of methoxy groups -OCH3 is 1. The van der Waals surface area contributed by atoms with E-state index in [1.807, 2.05) is 31.2 Å². The number of fused-ring (bicyclic) bond motifs is 1. The highest BCUT2D eigenvalue weighted by Crippen LogP contribution is 2.41. The molecule has 2 aromatic carbocycles. The lowest BCUT2D eigenvalue weighted by molar-refractivity contribution is 0.407. The van der Waals surface area contributed by atoms with Crippen LogP contribution in [0.4, 0.5) is 15.8 Å². The van der Waals surface area contributed by atoms with Gasteiger partial charge in [-0.3, -0.25) is 0 Å². The van der Waals surface area contributed by atoms with Crippen molar-refractivity contribution in [1.82, 2.24) is 0 Å². The fraction of sp³-hybridized carbons (Fsp3) is 0.294. The van der Waals surface area contributed by atoms with Crippen molar-refractivity contribution in [2.45, 2.75) is 19.4 Å². The van der Waals surface area contributed by atoms with E-state index in [1.165, 1.54) is 6.07 Å². The second-order valence-electron chi connectivity index (χ2n) is 5.36. The SMILES string of the molecule is COc1cccc(N2CCc3ccc(F)cc32)c1C(C)N. The molecule has 0 bridgehead atoms. The van der Waals surface area contributed by atoms with Crippen molar-refractivity contribution in [2.75, 3.05) is 18.6 Å². The molecule has 3 rings (SSSR count). The summed E-state index contributed by atoms with van der Waals surface area (Å²) in [5, 5.41) is 0. The van der Waals surface area contributed by atoms with Gasteiger partial charge < -0.3 is 15.4 Å². The molecule has 3 nitrogen and oxygen atoms in total. The average Bonchev–Trinajstić information content (AvgIpc) is 2.89. The van der Waals surface area contributed by atoms with E-state index in [1.54, 1.807) is 13.2 Å². The minimum absolute atomic E-state index is 0.159. The van der Waals surface area contributed by atoms with Crippen LogP contribution in [0.5, 0.6) is 5.75 Å². The van der Waals surface area contributed by atoms with Gasteiger partial charge in [-0.1, -0.05) is 12.1 Å². The monoisotopic (exact) mass is 286 g/mol. The Morgan fingerprint density at radius 3 is 2.76 bits per heavy atom. The van der Waals surface area contributed by atoms with Gasteiger partial charge in [-0.05, 0) is 43.2 Å². The summed E-state index contributed by atoms with van der Waals surface area (Å²) in [6, 6.07) is 10.7. The lowest BCUT2D eigenvalue weighted by Gasteiger charge is -2.25. The summed E-state index contributed by atoms with van der Waals surface area (Å²) < 4.78 is 19.0. The summed E-state index contributed by atoms with van der Waals surface area (Å²) in [6.07, 6.45) is 0.908. The molecule has 2 N–H and O–H groups in total. The molecular weight excluding hydrogens is 267 g/mol. The van der Waals surface area contributed by atoms with Crippen LogP contribution in [0.2, 0.25) is 0 Å². The van der Waals surface area contributed by atoms with Gasteiger partial charge in [-0.25, -0.2) is 4.39 Å². The third-order valence-corrected chi connectivity index (χ3v) is 3.95. The van der Waals surface area contributed by atoms with E-state index in [9.17, 15) is 4.39 Å². The molecule has 2 aromatic rings. The first kappa shape index (κ1) is 13.9. The summed E-state index contributed by atoms with van der Waals surface area (Å²) in [7, 11) is 1.64. The molecule has 110 valence electrons. The van der Waals surface area contributed by atoms with Crippen molar-refractivity contribution in [3.63, 3.8) is 0 Å².